The van der Waals surface area contributed by atoms with E-state index in [9.17, 15) is 4.79 Å². The highest BCUT2D eigenvalue weighted by molar-refractivity contribution is 7.87. The van der Waals surface area contributed by atoms with E-state index in [1.165, 1.54) is 10.2 Å². The van der Waals surface area contributed by atoms with Crippen LogP contribution in [0.1, 0.15) is 13.3 Å². The standard InChI is InChI=1S/C12H15O2PS/c1-10-4-6-15(9-10,7-5-11(13)14)12-3-2-8-16-12/h2-4,8H,5-7,9H2,1H3/p+1. The Hall–Kier alpha value is -0.660. The zero-order valence-corrected chi connectivity index (χ0v) is 11.1. The lowest BCUT2D eigenvalue weighted by atomic mass is 10.3. The van der Waals surface area contributed by atoms with Gasteiger partial charge in [0, 0.05) is 0 Å². The van der Waals surface area contributed by atoms with Crippen molar-refractivity contribution in [2.24, 2.45) is 0 Å². The van der Waals surface area contributed by atoms with Crippen LogP contribution < -0.4 is 4.62 Å². The summed E-state index contributed by atoms with van der Waals surface area (Å²) >= 11 is 1.80. The summed E-state index contributed by atoms with van der Waals surface area (Å²) in [6.07, 6.45) is 5.70. The van der Waals surface area contributed by atoms with Crippen LogP contribution in [0.25, 0.3) is 0 Å². The molecule has 0 saturated heterocycles. The summed E-state index contributed by atoms with van der Waals surface area (Å²) in [6, 6.07) is 4.27. The smallest absolute Gasteiger partial charge is 0.307 e. The number of carbonyl (C=O) groups is 1. The van der Waals surface area contributed by atoms with Gasteiger partial charge in [-0.05, 0) is 36.1 Å². The van der Waals surface area contributed by atoms with Crippen molar-refractivity contribution < 1.29 is 9.90 Å². The zero-order valence-electron chi connectivity index (χ0n) is 9.35. The van der Waals surface area contributed by atoms with Crippen molar-refractivity contribution in [3.8, 4) is 0 Å². The summed E-state index contributed by atoms with van der Waals surface area (Å²) < 4.78 is 1.45. The molecule has 2 nitrogen and oxygen atoms in total. The Morgan fingerprint density at radius 1 is 1.62 bits per heavy atom. The van der Waals surface area contributed by atoms with Gasteiger partial charge < -0.3 is 5.11 Å². The fraction of sp³-hybridized carbons (Fsp3) is 0.417. The molecule has 0 amide bonds. The van der Waals surface area contributed by atoms with Crippen molar-refractivity contribution in [1.29, 1.82) is 0 Å². The normalized spacial score (nSPS) is 24.4. The molecule has 0 spiro atoms. The third-order valence-electron chi connectivity index (χ3n) is 3.07. The molecule has 0 aromatic carbocycles. The Bertz CT molecular complexity index is 411. The fourth-order valence-corrected chi connectivity index (χ4v) is 8.25. The van der Waals surface area contributed by atoms with E-state index >= 15 is 0 Å². The van der Waals surface area contributed by atoms with Crippen LogP contribution in [0.5, 0.6) is 0 Å². The Balaban J connectivity index is 2.18. The molecule has 2 rings (SSSR count). The molecule has 2 heterocycles. The number of carboxylic acid groups (broad SMARTS) is 1. The lowest BCUT2D eigenvalue weighted by Crippen LogP contribution is -2.16. The van der Waals surface area contributed by atoms with Crippen LogP contribution in [0.3, 0.4) is 0 Å². The maximum Gasteiger partial charge on any atom is 0.307 e. The topological polar surface area (TPSA) is 37.3 Å². The van der Waals surface area contributed by atoms with Crippen molar-refractivity contribution >= 4 is 29.2 Å². The van der Waals surface area contributed by atoms with Crippen molar-refractivity contribution in [2.45, 2.75) is 13.3 Å². The van der Waals surface area contributed by atoms with Crippen molar-refractivity contribution in [1.82, 2.24) is 0 Å². The van der Waals surface area contributed by atoms with Crippen molar-refractivity contribution in [3.05, 3.63) is 29.2 Å². The molecule has 86 valence electrons. The quantitative estimate of drug-likeness (QED) is 0.663. The lowest BCUT2D eigenvalue weighted by Gasteiger charge is -2.19. The first-order valence-electron chi connectivity index (χ1n) is 5.40. The molecule has 1 unspecified atom stereocenters. The largest absolute Gasteiger partial charge is 0.481 e. The molecular weight excluding hydrogens is 239 g/mol. The van der Waals surface area contributed by atoms with Crippen LogP contribution in [0.2, 0.25) is 0 Å². The Labute approximate surface area is 100 Å². The molecule has 1 N–H and O–H groups in total. The first kappa shape index (κ1) is 11.8. The van der Waals surface area contributed by atoms with Crippen LogP contribution in [-0.4, -0.2) is 29.6 Å². The van der Waals surface area contributed by atoms with E-state index < -0.39 is 13.2 Å². The maximum atomic E-state index is 10.8. The zero-order chi connectivity index (χ0) is 11.6. The lowest BCUT2D eigenvalue weighted by molar-refractivity contribution is -0.136. The molecule has 16 heavy (non-hydrogen) atoms. The maximum absolute atomic E-state index is 10.8. The van der Waals surface area contributed by atoms with Crippen LogP contribution in [-0.2, 0) is 4.79 Å². The summed E-state index contributed by atoms with van der Waals surface area (Å²) in [5.74, 6) is -0.666. The number of hydrogen-bond acceptors (Lipinski definition) is 2. The highest BCUT2D eigenvalue weighted by Crippen LogP contribution is 2.63. The molecule has 4 heteroatoms. The van der Waals surface area contributed by atoms with Crippen LogP contribution in [0.15, 0.2) is 29.2 Å². The second-order valence-corrected chi connectivity index (χ2v) is 9.51. The minimum Gasteiger partial charge on any atom is -0.481 e. The molecule has 1 aliphatic rings. The van der Waals surface area contributed by atoms with Crippen molar-refractivity contribution in [3.63, 3.8) is 0 Å². The minimum absolute atomic E-state index is 0.312. The van der Waals surface area contributed by atoms with E-state index in [1.54, 1.807) is 11.3 Å². The number of carboxylic acids is 1. The van der Waals surface area contributed by atoms with Crippen LogP contribution in [0, 0.1) is 0 Å². The Kier molecular flexibility index (Phi) is 3.46. The molecule has 1 aromatic rings. The van der Waals surface area contributed by atoms with Gasteiger partial charge in [-0.3, -0.25) is 4.79 Å². The summed E-state index contributed by atoms with van der Waals surface area (Å²) in [5, 5.41) is 11.0. The van der Waals surface area contributed by atoms with E-state index in [-0.39, 0.29) is 0 Å². The average molecular weight is 255 g/mol. The number of rotatable bonds is 4. The first-order valence-corrected chi connectivity index (χ1v) is 8.62. The van der Waals surface area contributed by atoms with Gasteiger partial charge in [-0.1, -0.05) is 0 Å². The van der Waals surface area contributed by atoms with E-state index in [2.05, 4.69) is 30.5 Å². The minimum atomic E-state index is -1.22. The van der Waals surface area contributed by atoms with Gasteiger partial charge in [-0.15, -0.1) is 11.3 Å². The molecule has 0 aliphatic carbocycles. The van der Waals surface area contributed by atoms with Gasteiger partial charge in [0.25, 0.3) is 0 Å². The van der Waals surface area contributed by atoms with Gasteiger partial charge in [-0.25, -0.2) is 0 Å². The number of allylic oxidation sites excluding steroid dienone is 2. The van der Waals surface area contributed by atoms with E-state index in [0.717, 1.165) is 18.5 Å². The summed E-state index contributed by atoms with van der Waals surface area (Å²) in [6.45, 7) is 2.16. The SMILES string of the molecule is CC1=CC[P+](CCC(=O)O)(c2cccs2)C1. The van der Waals surface area contributed by atoms with E-state index in [4.69, 9.17) is 5.11 Å². The molecule has 0 radical (unpaired) electrons. The Morgan fingerprint density at radius 2 is 2.44 bits per heavy atom. The first-order chi connectivity index (χ1) is 7.62. The molecule has 0 saturated carbocycles. The molecule has 1 atom stereocenters. The third-order valence-corrected chi connectivity index (χ3v) is 9.37. The highest BCUT2D eigenvalue weighted by Gasteiger charge is 2.43. The van der Waals surface area contributed by atoms with Crippen LogP contribution in [0.4, 0.5) is 0 Å². The monoisotopic (exact) mass is 255 g/mol. The molecule has 1 aromatic heterocycles. The van der Waals surface area contributed by atoms with E-state index in [1.807, 2.05) is 0 Å². The predicted molar refractivity (Wildman–Crippen MR) is 71.5 cm³/mol. The number of aliphatic carboxylic acids is 1. The van der Waals surface area contributed by atoms with Gasteiger partial charge in [0.05, 0.1) is 32.2 Å². The third kappa shape index (κ3) is 2.36. The average Bonchev–Trinajstić information content (AvgIpc) is 2.84. The highest BCUT2D eigenvalue weighted by atomic mass is 32.1. The van der Waals surface area contributed by atoms with E-state index in [0.29, 0.717) is 6.42 Å². The molecule has 0 bridgehead atoms. The second-order valence-electron chi connectivity index (χ2n) is 4.35. The second kappa shape index (κ2) is 4.68. The number of hydrogen-bond donors (Lipinski definition) is 1. The summed E-state index contributed by atoms with van der Waals surface area (Å²) in [4.78, 5) is 10.8. The molecular formula is C12H16O2PS+. The molecule has 1 aliphatic heterocycles. The van der Waals surface area contributed by atoms with Gasteiger partial charge in [0.1, 0.15) is 4.62 Å². The van der Waals surface area contributed by atoms with Gasteiger partial charge in [-0.2, -0.15) is 0 Å². The number of thiophene rings is 1. The summed E-state index contributed by atoms with van der Waals surface area (Å²) in [7, 11) is -1.22. The predicted octanol–water partition coefficient (Wildman–Crippen LogP) is 2.83. The van der Waals surface area contributed by atoms with Crippen molar-refractivity contribution in [2.75, 3.05) is 18.5 Å². The Morgan fingerprint density at radius 3 is 2.94 bits per heavy atom. The van der Waals surface area contributed by atoms with Gasteiger partial charge >= 0.3 is 5.97 Å². The van der Waals surface area contributed by atoms with Gasteiger partial charge in [0.15, 0.2) is 0 Å². The summed E-state index contributed by atoms with van der Waals surface area (Å²) in [5.41, 5.74) is 1.44. The van der Waals surface area contributed by atoms with Crippen LogP contribution >= 0.6 is 18.6 Å². The fourth-order valence-electron chi connectivity index (χ4n) is 2.23. The van der Waals surface area contributed by atoms with Gasteiger partial charge in [0.2, 0.25) is 0 Å². The molecule has 0 fully saturated rings.